The van der Waals surface area contributed by atoms with Crippen LogP contribution in [0.3, 0.4) is 0 Å². The van der Waals surface area contributed by atoms with Gasteiger partial charge in [-0.3, -0.25) is 0 Å². The number of carboxylic acid groups (broad SMARTS) is 1. The molecule has 31 heavy (non-hydrogen) atoms. The van der Waals surface area contributed by atoms with E-state index in [1.807, 2.05) is 0 Å². The first-order valence-corrected chi connectivity index (χ1v) is 10.7. The monoisotopic (exact) mass is 472 g/mol. The van der Waals surface area contributed by atoms with E-state index in [0.717, 1.165) is 6.07 Å². The van der Waals surface area contributed by atoms with E-state index in [2.05, 4.69) is 15.2 Å². The predicted molar refractivity (Wildman–Crippen MR) is 114 cm³/mol. The second kappa shape index (κ2) is 10.1. The zero-order valence-corrected chi connectivity index (χ0v) is 18.8. The lowest BCUT2D eigenvalue weighted by molar-refractivity contribution is 0.0692. The SMILES string of the molecule is COc1ccc(S(=O)(=O)NNC(C)/C(=C\N(C)C)c2cc(Cl)c(F)c(C(=O)O)c2)nc1. The van der Waals surface area contributed by atoms with E-state index >= 15 is 0 Å². The number of hydrogen-bond donors (Lipinski definition) is 3. The normalized spacial score (nSPS) is 13.0. The van der Waals surface area contributed by atoms with Crippen molar-refractivity contribution in [3.8, 4) is 5.75 Å². The molecule has 0 radical (unpaired) electrons. The first-order valence-electron chi connectivity index (χ1n) is 8.84. The molecule has 3 N–H and O–H groups in total. The Morgan fingerprint density at radius 1 is 1.35 bits per heavy atom. The Morgan fingerprint density at radius 2 is 2.03 bits per heavy atom. The lowest BCUT2D eigenvalue weighted by atomic mass is 9.98. The quantitative estimate of drug-likeness (QED) is 0.475. The van der Waals surface area contributed by atoms with Crippen molar-refractivity contribution in [2.24, 2.45) is 0 Å². The molecule has 0 aliphatic carbocycles. The van der Waals surface area contributed by atoms with Crippen LogP contribution in [0, 0.1) is 5.82 Å². The number of hydrogen-bond acceptors (Lipinski definition) is 7. The molecule has 1 aromatic heterocycles. The van der Waals surface area contributed by atoms with Crippen molar-refractivity contribution in [1.82, 2.24) is 20.1 Å². The second-order valence-electron chi connectivity index (χ2n) is 6.68. The van der Waals surface area contributed by atoms with E-state index < -0.39 is 33.4 Å². The number of benzene rings is 1. The van der Waals surface area contributed by atoms with Crippen molar-refractivity contribution in [3.05, 3.63) is 58.6 Å². The first kappa shape index (κ1) is 24.5. The van der Waals surface area contributed by atoms with Crippen molar-refractivity contribution >= 4 is 33.2 Å². The third-order valence-corrected chi connectivity index (χ3v) is 5.54. The molecule has 0 amide bonds. The van der Waals surface area contributed by atoms with Gasteiger partial charge in [0, 0.05) is 26.3 Å². The van der Waals surface area contributed by atoms with Crippen molar-refractivity contribution in [1.29, 1.82) is 0 Å². The molecule has 0 saturated heterocycles. The van der Waals surface area contributed by atoms with E-state index in [0.29, 0.717) is 16.9 Å². The van der Waals surface area contributed by atoms with Gasteiger partial charge in [-0.1, -0.05) is 11.6 Å². The number of ether oxygens (including phenoxy) is 1. The zero-order chi connectivity index (χ0) is 23.3. The molecule has 1 unspecified atom stereocenters. The smallest absolute Gasteiger partial charge is 0.338 e. The number of carbonyl (C=O) groups is 1. The molecule has 1 aromatic carbocycles. The third kappa shape index (κ3) is 6.14. The molecule has 2 rings (SSSR count). The number of aromatic carboxylic acids is 1. The topological polar surface area (TPSA) is 121 Å². The summed E-state index contributed by atoms with van der Waals surface area (Å²) in [4.78, 5) is 19.1. The molecule has 0 bridgehead atoms. The summed E-state index contributed by atoms with van der Waals surface area (Å²) < 4.78 is 44.0. The molecule has 1 heterocycles. The van der Waals surface area contributed by atoms with Gasteiger partial charge >= 0.3 is 5.97 Å². The molecule has 1 atom stereocenters. The number of nitrogens with one attached hydrogen (secondary N) is 2. The number of hydrazine groups is 1. The number of carboxylic acids is 1. The van der Waals surface area contributed by atoms with E-state index in [9.17, 15) is 22.7 Å². The summed E-state index contributed by atoms with van der Waals surface area (Å²) >= 11 is 5.87. The lowest BCUT2D eigenvalue weighted by Crippen LogP contribution is -2.43. The Kier molecular flexibility index (Phi) is 7.96. The summed E-state index contributed by atoms with van der Waals surface area (Å²) in [7, 11) is 0.871. The van der Waals surface area contributed by atoms with E-state index in [4.69, 9.17) is 16.3 Å². The Morgan fingerprint density at radius 3 is 2.55 bits per heavy atom. The van der Waals surface area contributed by atoms with Gasteiger partial charge in [0.15, 0.2) is 10.8 Å². The molecular weight excluding hydrogens is 451 g/mol. The molecular formula is C19H22ClFN4O5S. The van der Waals surface area contributed by atoms with Gasteiger partial charge in [-0.05, 0) is 42.3 Å². The van der Waals surface area contributed by atoms with Crippen molar-refractivity contribution < 1.29 is 27.4 Å². The minimum Gasteiger partial charge on any atom is -0.495 e. The fourth-order valence-corrected chi connectivity index (χ4v) is 3.66. The maximum Gasteiger partial charge on any atom is 0.338 e. The number of sulfonamides is 1. The fraction of sp³-hybridized carbons (Fsp3) is 0.263. The first-order chi connectivity index (χ1) is 14.5. The number of rotatable bonds is 9. The Balaban J connectivity index is 2.32. The zero-order valence-electron chi connectivity index (χ0n) is 17.2. The third-order valence-electron chi connectivity index (χ3n) is 4.09. The number of methoxy groups -OCH3 is 1. The highest BCUT2D eigenvalue weighted by Crippen LogP contribution is 2.27. The van der Waals surface area contributed by atoms with Crippen LogP contribution in [0.1, 0.15) is 22.8 Å². The number of nitrogens with zero attached hydrogens (tertiary/aromatic N) is 2. The molecule has 9 nitrogen and oxygen atoms in total. The van der Waals surface area contributed by atoms with Crippen molar-refractivity contribution in [2.45, 2.75) is 18.0 Å². The van der Waals surface area contributed by atoms with Crippen molar-refractivity contribution in [3.63, 3.8) is 0 Å². The highest BCUT2D eigenvalue weighted by molar-refractivity contribution is 7.89. The summed E-state index contributed by atoms with van der Waals surface area (Å²) in [6.07, 6.45) is 2.90. The Bertz CT molecular complexity index is 1090. The van der Waals surface area contributed by atoms with Crippen LogP contribution in [0.2, 0.25) is 5.02 Å². The van der Waals surface area contributed by atoms with Crippen LogP contribution in [0.25, 0.3) is 5.57 Å². The molecule has 0 fully saturated rings. The largest absolute Gasteiger partial charge is 0.495 e. The number of aromatic nitrogens is 1. The maximum atomic E-state index is 14.0. The summed E-state index contributed by atoms with van der Waals surface area (Å²) in [5, 5.41) is 8.64. The van der Waals surface area contributed by atoms with E-state index in [1.165, 1.54) is 31.5 Å². The molecule has 0 spiro atoms. The van der Waals surface area contributed by atoms with Gasteiger partial charge < -0.3 is 14.7 Å². The van der Waals surface area contributed by atoms with Gasteiger partial charge in [0.1, 0.15) is 5.75 Å². The number of halogens is 2. The lowest BCUT2D eigenvalue weighted by Gasteiger charge is -2.21. The summed E-state index contributed by atoms with van der Waals surface area (Å²) in [5.41, 5.74) is 2.82. The summed E-state index contributed by atoms with van der Waals surface area (Å²) in [6.45, 7) is 1.64. The van der Waals surface area contributed by atoms with Crippen LogP contribution in [0.4, 0.5) is 4.39 Å². The van der Waals surface area contributed by atoms with Gasteiger partial charge in [0.2, 0.25) is 0 Å². The molecule has 168 valence electrons. The highest BCUT2D eigenvalue weighted by atomic mass is 35.5. The standard InChI is InChI=1S/C19H22ClFN4O5S/c1-11(23-24-31(28,29)17-6-5-13(30-4)9-22-17)15(10-25(2)3)12-7-14(19(26)27)18(21)16(20)8-12/h5-11,23-24H,1-4H3,(H,26,27)/b15-10+. The predicted octanol–water partition coefficient (Wildman–Crippen LogP) is 2.35. The van der Waals surface area contributed by atoms with Gasteiger partial charge in [0.25, 0.3) is 10.0 Å². The summed E-state index contributed by atoms with van der Waals surface area (Å²) in [5.74, 6) is -2.12. The number of pyridine rings is 1. The van der Waals surface area contributed by atoms with Crippen LogP contribution >= 0.6 is 11.6 Å². The van der Waals surface area contributed by atoms with Gasteiger partial charge in [-0.2, -0.15) is 0 Å². The Hall–Kier alpha value is -2.73. The Labute approximate surface area is 184 Å². The molecule has 0 aliphatic rings. The summed E-state index contributed by atoms with van der Waals surface area (Å²) in [6, 6.07) is 4.48. The molecule has 12 heteroatoms. The van der Waals surface area contributed by atoms with E-state index in [-0.39, 0.29) is 10.0 Å². The van der Waals surface area contributed by atoms with Crippen LogP contribution < -0.4 is 15.0 Å². The molecule has 2 aromatic rings. The maximum absolute atomic E-state index is 14.0. The van der Waals surface area contributed by atoms with Gasteiger partial charge in [-0.15, -0.1) is 4.83 Å². The molecule has 0 saturated carbocycles. The minimum atomic E-state index is -4.01. The van der Waals surface area contributed by atoms with Gasteiger partial charge in [-0.25, -0.2) is 28.0 Å². The van der Waals surface area contributed by atoms with Crippen LogP contribution in [0.15, 0.2) is 41.7 Å². The van der Waals surface area contributed by atoms with Crippen LogP contribution in [-0.2, 0) is 10.0 Å². The second-order valence-corrected chi connectivity index (χ2v) is 8.72. The van der Waals surface area contributed by atoms with Crippen molar-refractivity contribution in [2.75, 3.05) is 21.2 Å². The minimum absolute atomic E-state index is 0.232. The average molecular weight is 473 g/mol. The molecule has 0 aliphatic heterocycles. The van der Waals surface area contributed by atoms with Crippen LogP contribution in [-0.4, -0.2) is 56.6 Å². The highest BCUT2D eigenvalue weighted by Gasteiger charge is 2.22. The van der Waals surface area contributed by atoms with Crippen LogP contribution in [0.5, 0.6) is 5.75 Å². The van der Waals surface area contributed by atoms with E-state index in [1.54, 1.807) is 32.1 Å². The van der Waals surface area contributed by atoms with Gasteiger partial charge in [0.05, 0.1) is 23.9 Å². The average Bonchev–Trinajstić information content (AvgIpc) is 2.72. The fourth-order valence-electron chi connectivity index (χ4n) is 2.57.